The number of fused-ring (bicyclic) bond motifs is 2. The van der Waals surface area contributed by atoms with E-state index in [4.69, 9.17) is 0 Å². The van der Waals surface area contributed by atoms with Crippen LogP contribution in [0.5, 0.6) is 0 Å². The van der Waals surface area contributed by atoms with E-state index in [0.29, 0.717) is 17.8 Å². The number of oxime groups is 1. The summed E-state index contributed by atoms with van der Waals surface area (Å²) in [5, 5.41) is 12.8. The Kier molecular flexibility index (Phi) is 3.67. The van der Waals surface area contributed by atoms with Crippen molar-refractivity contribution in [3.8, 4) is 0 Å². The van der Waals surface area contributed by atoms with Gasteiger partial charge < -0.3 is 5.21 Å². The summed E-state index contributed by atoms with van der Waals surface area (Å²) >= 11 is 0. The molecule has 0 saturated heterocycles. The molecule has 2 aliphatic carbocycles. The molecule has 2 rings (SSSR count). The molecular formula is C14H23NO. The number of allylic oxidation sites excluding steroid dienone is 2. The van der Waals surface area contributed by atoms with E-state index in [1.165, 1.54) is 25.7 Å². The molecule has 0 aromatic rings. The summed E-state index contributed by atoms with van der Waals surface area (Å²) < 4.78 is 0. The molecule has 0 heterocycles. The van der Waals surface area contributed by atoms with Gasteiger partial charge in [0.05, 0.1) is 5.71 Å². The van der Waals surface area contributed by atoms with Crippen LogP contribution in [0.3, 0.4) is 0 Å². The summed E-state index contributed by atoms with van der Waals surface area (Å²) in [4.78, 5) is 0. The van der Waals surface area contributed by atoms with E-state index in [1.807, 2.05) is 0 Å². The van der Waals surface area contributed by atoms with E-state index < -0.39 is 0 Å². The molecule has 2 bridgehead atoms. The molecule has 0 aromatic heterocycles. The Morgan fingerprint density at radius 2 is 2.06 bits per heavy atom. The fourth-order valence-electron chi connectivity index (χ4n) is 3.30. The zero-order chi connectivity index (χ0) is 11.5. The Hall–Kier alpha value is -0.790. The van der Waals surface area contributed by atoms with Gasteiger partial charge in [-0.1, -0.05) is 44.0 Å². The number of rotatable bonds is 5. The van der Waals surface area contributed by atoms with Crippen molar-refractivity contribution in [2.24, 2.45) is 28.8 Å². The van der Waals surface area contributed by atoms with Gasteiger partial charge in [0.25, 0.3) is 0 Å². The van der Waals surface area contributed by atoms with E-state index in [0.717, 1.165) is 18.1 Å². The zero-order valence-electron chi connectivity index (χ0n) is 10.4. The number of hydrogen-bond donors (Lipinski definition) is 1. The topological polar surface area (TPSA) is 32.6 Å². The van der Waals surface area contributed by atoms with Crippen molar-refractivity contribution in [2.45, 2.75) is 46.0 Å². The van der Waals surface area contributed by atoms with Crippen LogP contribution in [0.4, 0.5) is 0 Å². The molecule has 1 N–H and O–H groups in total. The highest BCUT2D eigenvalue weighted by Crippen LogP contribution is 2.45. The van der Waals surface area contributed by atoms with E-state index in [1.54, 1.807) is 0 Å². The molecule has 0 unspecified atom stereocenters. The first-order valence-electron chi connectivity index (χ1n) is 6.67. The van der Waals surface area contributed by atoms with Gasteiger partial charge in [-0.15, -0.1) is 0 Å². The van der Waals surface area contributed by atoms with Gasteiger partial charge in [0.1, 0.15) is 0 Å². The van der Waals surface area contributed by atoms with Gasteiger partial charge in [0, 0.05) is 5.92 Å². The van der Waals surface area contributed by atoms with Gasteiger partial charge >= 0.3 is 0 Å². The monoisotopic (exact) mass is 221 g/mol. The lowest BCUT2D eigenvalue weighted by molar-refractivity contribution is 0.308. The summed E-state index contributed by atoms with van der Waals surface area (Å²) in [5.74, 6) is 2.63. The van der Waals surface area contributed by atoms with Crippen LogP contribution < -0.4 is 0 Å². The first kappa shape index (κ1) is 11.7. The highest BCUT2D eigenvalue weighted by atomic mass is 16.4. The highest BCUT2D eigenvalue weighted by Gasteiger charge is 2.38. The second kappa shape index (κ2) is 5.03. The van der Waals surface area contributed by atoms with Crippen molar-refractivity contribution in [1.29, 1.82) is 0 Å². The molecule has 2 nitrogen and oxygen atoms in total. The minimum absolute atomic E-state index is 0.528. The average molecular weight is 221 g/mol. The zero-order valence-corrected chi connectivity index (χ0v) is 10.4. The van der Waals surface area contributed by atoms with Gasteiger partial charge in [-0.3, -0.25) is 0 Å². The molecule has 0 aromatic carbocycles. The van der Waals surface area contributed by atoms with Crippen molar-refractivity contribution in [3.63, 3.8) is 0 Å². The summed E-state index contributed by atoms with van der Waals surface area (Å²) in [5.41, 5.74) is 1.06. The summed E-state index contributed by atoms with van der Waals surface area (Å²) in [6.07, 6.45) is 10.5. The third-order valence-electron chi connectivity index (χ3n) is 4.49. The van der Waals surface area contributed by atoms with Crippen molar-refractivity contribution < 1.29 is 5.21 Å². The van der Waals surface area contributed by atoms with E-state index in [-0.39, 0.29) is 0 Å². The number of nitrogens with zero attached hydrogens (tertiary/aromatic N) is 1. The molecule has 0 spiro atoms. The smallest absolute Gasteiger partial charge is 0.0610 e. The highest BCUT2D eigenvalue weighted by molar-refractivity contribution is 5.87. The van der Waals surface area contributed by atoms with Crippen LogP contribution in [0.25, 0.3) is 0 Å². The Balaban J connectivity index is 1.98. The third kappa shape index (κ3) is 2.16. The summed E-state index contributed by atoms with van der Waals surface area (Å²) in [7, 11) is 0. The standard InChI is InChI=1S/C14H23NO/c1-3-10(4-2)9-14(15-16)13-8-11-5-6-12(13)7-11/h5-6,10-13,16H,3-4,7-9H2,1-2H3/b15-14-/t11-,12+,13+/m0/s1. The largest absolute Gasteiger partial charge is 0.411 e. The Bertz CT molecular complexity index is 291. The van der Waals surface area contributed by atoms with Gasteiger partial charge in [0.2, 0.25) is 0 Å². The molecule has 16 heavy (non-hydrogen) atoms. The molecule has 90 valence electrons. The van der Waals surface area contributed by atoms with Crippen LogP contribution in [-0.4, -0.2) is 10.9 Å². The molecule has 0 radical (unpaired) electrons. The molecule has 1 fully saturated rings. The minimum atomic E-state index is 0.528. The van der Waals surface area contributed by atoms with Crippen molar-refractivity contribution in [3.05, 3.63) is 12.2 Å². The normalized spacial score (nSPS) is 32.9. The first-order valence-corrected chi connectivity index (χ1v) is 6.67. The van der Waals surface area contributed by atoms with Crippen molar-refractivity contribution in [1.82, 2.24) is 0 Å². The summed E-state index contributed by atoms with van der Waals surface area (Å²) in [6.45, 7) is 4.45. The minimum Gasteiger partial charge on any atom is -0.411 e. The van der Waals surface area contributed by atoms with E-state index >= 15 is 0 Å². The third-order valence-corrected chi connectivity index (χ3v) is 4.49. The molecule has 3 atom stereocenters. The van der Waals surface area contributed by atoms with E-state index in [9.17, 15) is 5.21 Å². The second-order valence-electron chi connectivity index (χ2n) is 5.36. The Labute approximate surface area is 98.4 Å². The maximum atomic E-state index is 9.22. The quantitative estimate of drug-likeness (QED) is 0.325. The molecule has 1 saturated carbocycles. The Morgan fingerprint density at radius 1 is 1.31 bits per heavy atom. The molecule has 2 heteroatoms. The predicted molar refractivity (Wildman–Crippen MR) is 66.8 cm³/mol. The second-order valence-corrected chi connectivity index (χ2v) is 5.36. The molecule has 0 aliphatic heterocycles. The van der Waals surface area contributed by atoms with Crippen molar-refractivity contribution in [2.75, 3.05) is 0 Å². The van der Waals surface area contributed by atoms with Crippen LogP contribution in [0.2, 0.25) is 0 Å². The Morgan fingerprint density at radius 3 is 2.50 bits per heavy atom. The average Bonchev–Trinajstić information content (AvgIpc) is 2.93. The van der Waals surface area contributed by atoms with Crippen LogP contribution in [0.15, 0.2) is 17.3 Å². The first-order chi connectivity index (χ1) is 7.78. The fraction of sp³-hybridized carbons (Fsp3) is 0.786. The lowest BCUT2D eigenvalue weighted by Gasteiger charge is -2.22. The van der Waals surface area contributed by atoms with Crippen LogP contribution in [0, 0.1) is 23.7 Å². The lowest BCUT2D eigenvalue weighted by atomic mass is 9.83. The molecule has 0 amide bonds. The fourth-order valence-corrected chi connectivity index (χ4v) is 3.30. The maximum Gasteiger partial charge on any atom is 0.0610 e. The number of hydrogen-bond acceptors (Lipinski definition) is 2. The van der Waals surface area contributed by atoms with Crippen LogP contribution >= 0.6 is 0 Å². The molecule has 2 aliphatic rings. The maximum absolute atomic E-state index is 9.22. The SMILES string of the molecule is CCC(CC)C/C(=N/O)[C@@H]1C[C@H]2C=C[C@@H]1C2. The van der Waals surface area contributed by atoms with Crippen LogP contribution in [0.1, 0.15) is 46.0 Å². The lowest BCUT2D eigenvalue weighted by Crippen LogP contribution is -2.21. The molecular weight excluding hydrogens is 198 g/mol. The van der Waals surface area contributed by atoms with Crippen LogP contribution in [-0.2, 0) is 0 Å². The summed E-state index contributed by atoms with van der Waals surface area (Å²) in [6, 6.07) is 0. The van der Waals surface area contributed by atoms with Gasteiger partial charge in [0.15, 0.2) is 0 Å². The predicted octanol–water partition coefficient (Wildman–Crippen LogP) is 3.86. The van der Waals surface area contributed by atoms with Gasteiger partial charge in [-0.25, -0.2) is 0 Å². The van der Waals surface area contributed by atoms with E-state index in [2.05, 4.69) is 31.2 Å². The van der Waals surface area contributed by atoms with Crippen molar-refractivity contribution >= 4 is 5.71 Å². The van der Waals surface area contributed by atoms with Gasteiger partial charge in [-0.2, -0.15) is 0 Å². The van der Waals surface area contributed by atoms with Gasteiger partial charge in [-0.05, 0) is 37.0 Å².